The molecule has 0 rings (SSSR count). The van der Waals surface area contributed by atoms with Gasteiger partial charge in [-0.2, -0.15) is 0 Å². The fourth-order valence-electron chi connectivity index (χ4n) is 10.9. The number of unbranched alkanes of at least 4 members (excludes halogenated alkanes) is 51. The van der Waals surface area contributed by atoms with Gasteiger partial charge in [-0.3, -0.25) is 9.36 Å². The lowest BCUT2D eigenvalue weighted by molar-refractivity contribution is -0.870. The molecule has 3 atom stereocenters. The molecule has 0 aromatic carbocycles. The molecule has 8 nitrogen and oxygen atoms in total. The summed E-state index contributed by atoms with van der Waals surface area (Å²) in [5, 5.41) is 13.9. The molecule has 0 fully saturated rings. The summed E-state index contributed by atoms with van der Waals surface area (Å²) in [7, 11) is 1.28. The van der Waals surface area contributed by atoms with Crippen LogP contribution in [0.4, 0.5) is 0 Å². The quantitative estimate of drug-likeness (QED) is 0.0272. The van der Waals surface area contributed by atoms with E-state index in [0.717, 1.165) is 38.5 Å². The van der Waals surface area contributed by atoms with Gasteiger partial charge >= 0.3 is 0 Å². The van der Waals surface area contributed by atoms with Crippen molar-refractivity contribution < 1.29 is 32.9 Å². The Kier molecular flexibility index (Phi) is 60.7. The van der Waals surface area contributed by atoms with Crippen LogP contribution in [-0.4, -0.2) is 68.5 Å². The van der Waals surface area contributed by atoms with Gasteiger partial charge < -0.3 is 28.8 Å². The monoisotopic (exact) mass is 1140 g/mol. The lowest BCUT2D eigenvalue weighted by atomic mass is 10.0. The third-order valence-corrected chi connectivity index (χ3v) is 17.4. The van der Waals surface area contributed by atoms with Gasteiger partial charge in [0, 0.05) is 6.42 Å². The third-order valence-electron chi connectivity index (χ3n) is 16.4. The second-order valence-corrected chi connectivity index (χ2v) is 27.0. The summed E-state index contributed by atoms with van der Waals surface area (Å²) in [4.78, 5) is 25.6. The van der Waals surface area contributed by atoms with Crippen LogP contribution in [0.1, 0.15) is 367 Å². The van der Waals surface area contributed by atoms with Crippen LogP contribution in [0.2, 0.25) is 0 Å². The molecule has 470 valence electrons. The second-order valence-electron chi connectivity index (χ2n) is 25.6. The number of hydrogen-bond donors (Lipinski definition) is 2. The van der Waals surface area contributed by atoms with E-state index in [1.165, 1.54) is 308 Å². The van der Waals surface area contributed by atoms with Crippen LogP contribution in [0, 0.1) is 0 Å². The van der Waals surface area contributed by atoms with E-state index >= 15 is 0 Å². The van der Waals surface area contributed by atoms with Gasteiger partial charge in [0.25, 0.3) is 7.82 Å². The SMILES string of the molecule is CCCCCCCCCCCCCCCCCC/C=C/C(O)C(COP(=O)([O-])OCC[N+](C)(C)C)NC(=O)CCCCCCCCCCCCCCCCCCC/C=C\CCCCCCCCCCCCCCCCCCCC. The van der Waals surface area contributed by atoms with Crippen molar-refractivity contribution in [2.45, 2.75) is 379 Å². The number of quaternary nitrogens is 1. The summed E-state index contributed by atoms with van der Waals surface area (Å²) in [6.07, 6.45) is 80.3. The van der Waals surface area contributed by atoms with Gasteiger partial charge in [-0.15, -0.1) is 0 Å². The largest absolute Gasteiger partial charge is 0.756 e. The molecule has 0 saturated heterocycles. The van der Waals surface area contributed by atoms with Crippen LogP contribution < -0.4 is 10.2 Å². The fourth-order valence-corrected chi connectivity index (χ4v) is 11.6. The fraction of sp³-hybridized carbons (Fsp3) is 0.929. The number of likely N-dealkylation sites (N-methyl/N-ethyl adjacent to an activating group) is 1. The van der Waals surface area contributed by atoms with Gasteiger partial charge in [-0.05, 0) is 44.9 Å². The number of phosphoric acid groups is 1. The number of carbonyl (C=O) groups is 1. The number of nitrogens with one attached hydrogen (secondary N) is 1. The van der Waals surface area contributed by atoms with Gasteiger partial charge in [0.2, 0.25) is 5.91 Å². The molecule has 1 amide bonds. The van der Waals surface area contributed by atoms with E-state index in [1.807, 2.05) is 27.2 Å². The predicted octanol–water partition coefficient (Wildman–Crippen LogP) is 21.6. The van der Waals surface area contributed by atoms with E-state index in [0.29, 0.717) is 17.4 Å². The van der Waals surface area contributed by atoms with Crippen molar-refractivity contribution in [3.63, 3.8) is 0 Å². The first-order chi connectivity index (χ1) is 38.5. The predicted molar refractivity (Wildman–Crippen MR) is 344 cm³/mol. The number of amides is 1. The normalized spacial score (nSPS) is 13.8. The summed E-state index contributed by atoms with van der Waals surface area (Å²) in [5.41, 5.74) is 0. The summed E-state index contributed by atoms with van der Waals surface area (Å²) >= 11 is 0. The van der Waals surface area contributed by atoms with Gasteiger partial charge in [0.1, 0.15) is 13.2 Å². The summed E-state index contributed by atoms with van der Waals surface area (Å²) in [6.45, 7) is 4.71. The lowest BCUT2D eigenvalue weighted by Crippen LogP contribution is -2.45. The molecule has 0 aliphatic carbocycles. The molecule has 0 aliphatic heterocycles. The highest BCUT2D eigenvalue weighted by atomic mass is 31.2. The minimum atomic E-state index is -4.60. The van der Waals surface area contributed by atoms with Crippen LogP contribution in [-0.2, 0) is 18.4 Å². The summed E-state index contributed by atoms with van der Waals surface area (Å²) in [5.74, 6) is -0.190. The van der Waals surface area contributed by atoms with Crippen molar-refractivity contribution in [3.8, 4) is 0 Å². The Labute approximate surface area is 494 Å². The lowest BCUT2D eigenvalue weighted by Gasteiger charge is -2.29. The number of aliphatic hydroxyl groups excluding tert-OH is 1. The highest BCUT2D eigenvalue weighted by Gasteiger charge is 2.23. The van der Waals surface area contributed by atoms with Gasteiger partial charge in [-0.25, -0.2) is 0 Å². The molecule has 0 aromatic rings. The zero-order valence-corrected chi connectivity index (χ0v) is 54.8. The van der Waals surface area contributed by atoms with Crippen LogP contribution in [0.25, 0.3) is 0 Å². The highest BCUT2D eigenvalue weighted by molar-refractivity contribution is 7.45. The molecule has 2 N–H and O–H groups in total. The number of nitrogens with zero attached hydrogens (tertiary/aromatic N) is 1. The maximum absolute atomic E-state index is 13.0. The molecule has 0 spiro atoms. The van der Waals surface area contributed by atoms with Crippen molar-refractivity contribution in [2.75, 3.05) is 40.9 Å². The van der Waals surface area contributed by atoms with Crippen molar-refractivity contribution in [2.24, 2.45) is 0 Å². The van der Waals surface area contributed by atoms with E-state index in [1.54, 1.807) is 6.08 Å². The number of allylic oxidation sites excluding steroid dienone is 3. The van der Waals surface area contributed by atoms with Crippen LogP contribution in [0.5, 0.6) is 0 Å². The molecular weight excluding hydrogens is 996 g/mol. The maximum Gasteiger partial charge on any atom is 0.268 e. The average molecular weight is 1140 g/mol. The Hall–Kier alpha value is -1.02. The van der Waals surface area contributed by atoms with E-state index in [4.69, 9.17) is 9.05 Å². The van der Waals surface area contributed by atoms with E-state index in [2.05, 4.69) is 31.3 Å². The zero-order valence-electron chi connectivity index (χ0n) is 53.9. The molecule has 0 heterocycles. The van der Waals surface area contributed by atoms with Crippen LogP contribution in [0.15, 0.2) is 24.3 Å². The Morgan fingerprint density at radius 3 is 0.987 bits per heavy atom. The first kappa shape index (κ1) is 78.0. The Morgan fingerprint density at radius 1 is 0.430 bits per heavy atom. The number of rotatable bonds is 66. The molecule has 0 aromatic heterocycles. The maximum atomic E-state index is 13.0. The second kappa shape index (κ2) is 61.5. The molecular formula is C70H139N2O6P. The topological polar surface area (TPSA) is 108 Å². The molecule has 0 radical (unpaired) electrons. The molecule has 0 saturated carbocycles. The van der Waals surface area contributed by atoms with E-state index in [-0.39, 0.29) is 19.1 Å². The van der Waals surface area contributed by atoms with Crippen molar-refractivity contribution in [3.05, 3.63) is 24.3 Å². The number of aliphatic hydroxyl groups is 1. The smallest absolute Gasteiger partial charge is 0.268 e. The van der Waals surface area contributed by atoms with E-state index < -0.39 is 20.0 Å². The van der Waals surface area contributed by atoms with E-state index in [9.17, 15) is 19.4 Å². The number of carbonyl (C=O) groups excluding carboxylic acids is 1. The molecule has 3 unspecified atom stereocenters. The van der Waals surface area contributed by atoms with Crippen molar-refractivity contribution in [1.29, 1.82) is 0 Å². The van der Waals surface area contributed by atoms with Gasteiger partial charge in [-0.1, -0.05) is 340 Å². The highest BCUT2D eigenvalue weighted by Crippen LogP contribution is 2.38. The zero-order chi connectivity index (χ0) is 57.7. The minimum absolute atomic E-state index is 0.00160. The molecule has 0 aliphatic rings. The Balaban J connectivity index is 3.91. The third kappa shape index (κ3) is 64.4. The number of phosphoric ester groups is 1. The minimum Gasteiger partial charge on any atom is -0.756 e. The summed E-state index contributed by atoms with van der Waals surface area (Å²) < 4.78 is 23.4. The van der Waals surface area contributed by atoms with Crippen LogP contribution in [0.3, 0.4) is 0 Å². The first-order valence-electron chi connectivity index (χ1n) is 35.2. The number of hydrogen-bond acceptors (Lipinski definition) is 6. The average Bonchev–Trinajstić information content (AvgIpc) is 3.42. The summed E-state index contributed by atoms with van der Waals surface area (Å²) in [6, 6.07) is -0.885. The van der Waals surface area contributed by atoms with Gasteiger partial charge in [0.15, 0.2) is 0 Å². The standard InChI is InChI=1S/C70H139N2O6P/c1-6-8-10-12-14-16-18-20-22-24-26-27-28-29-30-31-32-33-34-35-36-37-38-39-40-41-42-43-44-45-46-48-50-52-54-56-58-60-62-64-70(74)71-68(67-78-79(75,76)77-66-65-72(3,4)5)69(73)63-61-59-57-55-53-51-49-47-25-23-21-19-17-15-13-11-9-7-2/h35-36,61,63,68-69,73H,6-34,37-60,62,64-67H2,1-5H3,(H-,71,74,75,76)/b36-35-,63-61+. The van der Waals surface area contributed by atoms with Crippen LogP contribution >= 0.6 is 7.82 Å². The van der Waals surface area contributed by atoms with Gasteiger partial charge in [0.05, 0.1) is 39.9 Å². The Bertz CT molecular complexity index is 1340. The first-order valence-corrected chi connectivity index (χ1v) is 36.7. The van der Waals surface area contributed by atoms with Crippen molar-refractivity contribution in [1.82, 2.24) is 5.32 Å². The molecule has 9 heteroatoms. The Morgan fingerprint density at radius 2 is 0.696 bits per heavy atom. The molecule has 79 heavy (non-hydrogen) atoms. The van der Waals surface area contributed by atoms with Crippen molar-refractivity contribution >= 4 is 13.7 Å². The molecule has 0 bridgehead atoms.